The van der Waals surface area contributed by atoms with Crippen molar-refractivity contribution in [2.45, 2.75) is 31.6 Å². The van der Waals surface area contributed by atoms with E-state index < -0.39 is 18.8 Å². The van der Waals surface area contributed by atoms with E-state index in [0.717, 1.165) is 17.6 Å². The molecule has 0 radical (unpaired) electrons. The number of ether oxygens (including phenoxy) is 2. The van der Waals surface area contributed by atoms with Gasteiger partial charge in [-0.05, 0) is 37.3 Å². The highest BCUT2D eigenvalue weighted by Crippen LogP contribution is 2.28. The van der Waals surface area contributed by atoms with Crippen molar-refractivity contribution >= 4 is 29.0 Å². The Labute approximate surface area is 204 Å². The zero-order chi connectivity index (χ0) is 24.8. The van der Waals surface area contributed by atoms with Gasteiger partial charge in [-0.15, -0.1) is 0 Å². The van der Waals surface area contributed by atoms with Crippen LogP contribution in [0.5, 0.6) is 5.75 Å². The number of rotatable bonds is 9. The minimum atomic E-state index is -4.44. The lowest BCUT2D eigenvalue weighted by molar-refractivity contribution is -0.153. The number of hydrogen-bond acceptors (Lipinski definition) is 7. The number of esters is 1. The molecule has 0 saturated carbocycles. The van der Waals surface area contributed by atoms with Crippen LogP contribution in [0.15, 0.2) is 72.0 Å². The average Bonchev–Trinajstić information content (AvgIpc) is 3.20. The van der Waals surface area contributed by atoms with Gasteiger partial charge >= 0.3 is 12.1 Å². The molecule has 7 nitrogen and oxygen atoms in total. The van der Waals surface area contributed by atoms with Crippen LogP contribution in [0.25, 0.3) is 11.0 Å². The van der Waals surface area contributed by atoms with Gasteiger partial charge in [0.2, 0.25) is 0 Å². The number of halogens is 3. The number of carbonyl (C=O) groups is 1. The summed E-state index contributed by atoms with van der Waals surface area (Å²) in [5.41, 5.74) is 2.73. The molecule has 2 aromatic heterocycles. The molecule has 0 aliphatic heterocycles. The standard InChI is InChI=1S/C24H20F3N3O4S.H2/c1-16-19(28-12-11-21(16)32-14-24(25,26)27)13-34-35-23-29-18-9-5-6-10-20(18)30(23)15-33-22(31)17-7-3-2-4-8-17;/h2-12H,13-15H2,1H3;1H. The number of carbonyl (C=O) groups excluding carboxylic acids is 1. The molecule has 0 N–H and O–H groups in total. The van der Waals surface area contributed by atoms with Crippen molar-refractivity contribution in [2.75, 3.05) is 6.61 Å². The van der Waals surface area contributed by atoms with Gasteiger partial charge in [0.1, 0.15) is 12.4 Å². The Bertz CT molecular complexity index is 1320. The van der Waals surface area contributed by atoms with E-state index in [4.69, 9.17) is 13.7 Å². The molecule has 0 fully saturated rings. The second kappa shape index (κ2) is 10.8. The fraction of sp³-hybridized carbons (Fsp3) is 0.208. The van der Waals surface area contributed by atoms with Gasteiger partial charge in [-0.1, -0.05) is 30.3 Å². The van der Waals surface area contributed by atoms with Crippen LogP contribution in [0.1, 0.15) is 23.0 Å². The second-order valence-electron chi connectivity index (χ2n) is 7.37. The number of nitrogens with zero attached hydrogens (tertiary/aromatic N) is 3. The van der Waals surface area contributed by atoms with Crippen LogP contribution in [-0.4, -0.2) is 33.3 Å². The molecular formula is C24H22F3N3O4S. The van der Waals surface area contributed by atoms with Gasteiger partial charge in [0, 0.05) is 13.2 Å². The number of para-hydroxylation sites is 2. The van der Waals surface area contributed by atoms with Gasteiger partial charge in [0.25, 0.3) is 0 Å². The van der Waals surface area contributed by atoms with Gasteiger partial charge in [0.15, 0.2) is 18.5 Å². The Morgan fingerprint density at radius 2 is 1.83 bits per heavy atom. The van der Waals surface area contributed by atoms with Crippen LogP contribution in [0.3, 0.4) is 0 Å². The van der Waals surface area contributed by atoms with Crippen molar-refractivity contribution in [3.8, 4) is 5.75 Å². The zero-order valence-corrected chi connectivity index (χ0v) is 19.3. The fourth-order valence-corrected chi connectivity index (χ4v) is 3.83. The smallest absolute Gasteiger partial charge is 0.422 e. The van der Waals surface area contributed by atoms with Crippen molar-refractivity contribution in [1.29, 1.82) is 0 Å². The Kier molecular flexibility index (Phi) is 7.57. The first-order valence-electron chi connectivity index (χ1n) is 10.4. The summed E-state index contributed by atoms with van der Waals surface area (Å²) in [6.45, 7) is 0.129. The topological polar surface area (TPSA) is 75.5 Å². The maximum absolute atomic E-state index is 12.5. The monoisotopic (exact) mass is 505 g/mol. The van der Waals surface area contributed by atoms with E-state index in [-0.39, 0.29) is 20.5 Å². The average molecular weight is 506 g/mol. The molecule has 4 rings (SSSR count). The minimum absolute atomic E-state index is 0. The summed E-state index contributed by atoms with van der Waals surface area (Å²) in [4.78, 5) is 21.1. The molecule has 4 aromatic rings. The van der Waals surface area contributed by atoms with Crippen LogP contribution in [0.2, 0.25) is 0 Å². The molecule has 2 heterocycles. The second-order valence-corrected chi connectivity index (χ2v) is 8.14. The van der Waals surface area contributed by atoms with Crippen LogP contribution in [0, 0.1) is 6.92 Å². The molecule has 0 amide bonds. The zero-order valence-electron chi connectivity index (χ0n) is 18.5. The van der Waals surface area contributed by atoms with E-state index in [0.29, 0.717) is 27.5 Å². The molecule has 0 aliphatic carbocycles. The summed E-state index contributed by atoms with van der Waals surface area (Å²) in [7, 11) is 0. The molecule has 184 valence electrons. The Morgan fingerprint density at radius 3 is 2.60 bits per heavy atom. The third-order valence-electron chi connectivity index (χ3n) is 4.93. The molecule has 0 atom stereocenters. The molecule has 0 saturated heterocycles. The SMILES string of the molecule is Cc1c(OCC(F)(F)F)ccnc1COSc1nc2ccccc2n1COC(=O)c1ccccc1.[HH]. The maximum atomic E-state index is 12.5. The molecule has 11 heteroatoms. The van der Waals surface area contributed by atoms with Crippen LogP contribution >= 0.6 is 12.0 Å². The Hall–Kier alpha value is -3.57. The number of alkyl halides is 3. The van der Waals surface area contributed by atoms with Gasteiger partial charge in [-0.3, -0.25) is 9.55 Å². The largest absolute Gasteiger partial charge is 0.484 e. The highest BCUT2D eigenvalue weighted by molar-refractivity contribution is 7.94. The third-order valence-corrected chi connectivity index (χ3v) is 5.63. The lowest BCUT2D eigenvalue weighted by Gasteiger charge is -2.13. The third kappa shape index (κ3) is 6.31. The van der Waals surface area contributed by atoms with E-state index in [2.05, 4.69) is 9.97 Å². The maximum Gasteiger partial charge on any atom is 0.422 e. The normalized spacial score (nSPS) is 11.5. The molecule has 0 bridgehead atoms. The fourth-order valence-electron chi connectivity index (χ4n) is 3.18. The predicted molar refractivity (Wildman–Crippen MR) is 125 cm³/mol. The van der Waals surface area contributed by atoms with Crippen molar-refractivity contribution in [2.24, 2.45) is 0 Å². The highest BCUT2D eigenvalue weighted by atomic mass is 32.2. The quantitative estimate of drug-likeness (QED) is 0.205. The number of aromatic nitrogens is 3. The first-order chi connectivity index (χ1) is 16.8. The lowest BCUT2D eigenvalue weighted by Crippen LogP contribution is -2.19. The van der Waals surface area contributed by atoms with E-state index in [1.165, 1.54) is 12.3 Å². The summed E-state index contributed by atoms with van der Waals surface area (Å²) in [6.07, 6.45) is -3.08. The Morgan fingerprint density at radius 1 is 1.09 bits per heavy atom. The van der Waals surface area contributed by atoms with Crippen LogP contribution < -0.4 is 4.74 Å². The van der Waals surface area contributed by atoms with Crippen LogP contribution in [0.4, 0.5) is 13.2 Å². The van der Waals surface area contributed by atoms with E-state index in [9.17, 15) is 18.0 Å². The number of fused-ring (bicyclic) bond motifs is 1. The lowest BCUT2D eigenvalue weighted by atomic mass is 10.2. The highest BCUT2D eigenvalue weighted by Gasteiger charge is 2.29. The van der Waals surface area contributed by atoms with Crippen molar-refractivity contribution < 1.29 is 33.0 Å². The molecule has 0 unspecified atom stereocenters. The number of hydrogen-bond donors (Lipinski definition) is 0. The van der Waals surface area contributed by atoms with Gasteiger partial charge in [-0.2, -0.15) is 13.2 Å². The van der Waals surface area contributed by atoms with Gasteiger partial charge in [-0.25, -0.2) is 9.78 Å². The van der Waals surface area contributed by atoms with E-state index in [1.54, 1.807) is 41.8 Å². The molecule has 0 aliphatic rings. The molecular weight excluding hydrogens is 483 g/mol. The van der Waals surface area contributed by atoms with Gasteiger partial charge in [0.05, 0.1) is 34.3 Å². The summed E-state index contributed by atoms with van der Waals surface area (Å²) in [5, 5.41) is 0.439. The number of imidazole rings is 1. The van der Waals surface area contributed by atoms with Crippen molar-refractivity contribution in [3.63, 3.8) is 0 Å². The minimum Gasteiger partial charge on any atom is -0.484 e. The molecule has 2 aromatic carbocycles. The van der Waals surface area contributed by atoms with Crippen LogP contribution in [-0.2, 0) is 22.3 Å². The summed E-state index contributed by atoms with van der Waals surface area (Å²) < 4.78 is 55.2. The predicted octanol–water partition coefficient (Wildman–Crippen LogP) is 5.97. The van der Waals surface area contributed by atoms with E-state index >= 15 is 0 Å². The van der Waals surface area contributed by atoms with E-state index in [1.807, 2.05) is 24.3 Å². The summed E-state index contributed by atoms with van der Waals surface area (Å²) in [6, 6.07) is 17.3. The Balaban J connectivity index is 0.00000361. The summed E-state index contributed by atoms with van der Waals surface area (Å²) in [5.74, 6) is -0.392. The molecule has 0 spiro atoms. The first-order valence-corrected chi connectivity index (χ1v) is 11.2. The van der Waals surface area contributed by atoms with Crippen molar-refractivity contribution in [3.05, 3.63) is 83.7 Å². The molecule has 35 heavy (non-hydrogen) atoms. The van der Waals surface area contributed by atoms with Gasteiger partial charge < -0.3 is 13.7 Å². The summed E-state index contributed by atoms with van der Waals surface area (Å²) >= 11 is 0.947. The number of pyridine rings is 1. The first kappa shape index (κ1) is 24.6. The van der Waals surface area contributed by atoms with Crippen molar-refractivity contribution in [1.82, 2.24) is 14.5 Å². The number of benzene rings is 2.